The third-order valence-corrected chi connectivity index (χ3v) is 4.81. The van der Waals surface area contributed by atoms with Crippen LogP contribution in [0.1, 0.15) is 5.56 Å². The van der Waals surface area contributed by atoms with Gasteiger partial charge in [0.1, 0.15) is 5.75 Å². The van der Waals surface area contributed by atoms with Crippen LogP contribution in [0.4, 0.5) is 0 Å². The van der Waals surface area contributed by atoms with Crippen molar-refractivity contribution in [2.45, 2.75) is 6.04 Å². The van der Waals surface area contributed by atoms with Crippen LogP contribution in [-0.4, -0.2) is 31.5 Å². The maximum atomic E-state index is 11.2. The van der Waals surface area contributed by atoms with Crippen molar-refractivity contribution in [2.24, 2.45) is 4.99 Å². The summed E-state index contributed by atoms with van der Waals surface area (Å²) in [5, 5.41) is 11.0. The van der Waals surface area contributed by atoms with E-state index in [9.17, 15) is 13.5 Å². The van der Waals surface area contributed by atoms with Gasteiger partial charge in [0.25, 0.3) is 0 Å². The molecule has 0 amide bonds. The smallest absolute Gasteiger partial charge is 0.173 e. The summed E-state index contributed by atoms with van der Waals surface area (Å²) >= 11 is 6.52. The molecule has 1 heterocycles. The van der Waals surface area contributed by atoms with E-state index in [4.69, 9.17) is 0 Å². The summed E-state index contributed by atoms with van der Waals surface area (Å²) in [7, 11) is -3.10. The van der Waals surface area contributed by atoms with Crippen molar-refractivity contribution in [3.05, 3.63) is 38.1 Å². The van der Waals surface area contributed by atoms with Crippen LogP contribution in [0.15, 0.2) is 37.6 Å². The van der Waals surface area contributed by atoms with Gasteiger partial charge in [-0.05, 0) is 34.1 Å². The molecule has 7 heteroatoms. The van der Waals surface area contributed by atoms with Crippen LogP contribution in [0.5, 0.6) is 5.75 Å². The Bertz CT molecular complexity index is 638. The molecule has 0 radical (unpaired) electrons. The molecule has 0 spiro atoms. The van der Waals surface area contributed by atoms with Gasteiger partial charge >= 0.3 is 0 Å². The fourth-order valence-corrected chi connectivity index (χ4v) is 3.98. The number of phenols is 1. The molecule has 18 heavy (non-hydrogen) atoms. The first kappa shape index (κ1) is 13.8. The third kappa shape index (κ3) is 3.21. The fraction of sp³-hybridized carbons (Fsp3) is 0.182. The summed E-state index contributed by atoms with van der Waals surface area (Å²) in [6.07, 6.45) is 3.01. The quantitative estimate of drug-likeness (QED) is 0.784. The summed E-state index contributed by atoms with van der Waals surface area (Å²) in [4.78, 5) is 4.14. The SMILES string of the molecule is O=S1(=O)C=C[C@H](N=Cc2cc(Br)cc(Br)c2O)C1. The first-order valence-electron chi connectivity index (χ1n) is 4.99. The molecule has 1 aliphatic rings. The number of sulfone groups is 1. The van der Waals surface area contributed by atoms with Gasteiger partial charge in [0.2, 0.25) is 0 Å². The van der Waals surface area contributed by atoms with E-state index < -0.39 is 9.84 Å². The number of halogens is 2. The minimum atomic E-state index is -3.10. The van der Waals surface area contributed by atoms with Gasteiger partial charge in [-0.1, -0.05) is 15.9 Å². The van der Waals surface area contributed by atoms with Gasteiger partial charge in [-0.15, -0.1) is 0 Å². The van der Waals surface area contributed by atoms with Crippen molar-refractivity contribution in [1.82, 2.24) is 0 Å². The molecular formula is C11H9Br2NO3S. The Morgan fingerprint density at radius 1 is 1.39 bits per heavy atom. The Kier molecular flexibility index (Phi) is 3.93. The first-order chi connectivity index (χ1) is 8.37. The van der Waals surface area contributed by atoms with Gasteiger partial charge < -0.3 is 5.11 Å². The van der Waals surface area contributed by atoms with Crippen LogP contribution in [0.25, 0.3) is 0 Å². The molecule has 0 aromatic heterocycles. The maximum absolute atomic E-state index is 11.2. The van der Waals surface area contributed by atoms with Gasteiger partial charge in [-0.3, -0.25) is 4.99 Å². The Morgan fingerprint density at radius 2 is 2.11 bits per heavy atom. The van der Waals surface area contributed by atoms with E-state index in [0.717, 1.165) is 4.47 Å². The predicted molar refractivity (Wildman–Crippen MR) is 77.8 cm³/mol. The number of phenolic OH excluding ortho intramolecular Hbond substituents is 1. The third-order valence-electron chi connectivity index (χ3n) is 2.37. The van der Waals surface area contributed by atoms with Crippen molar-refractivity contribution in [2.75, 3.05) is 5.75 Å². The van der Waals surface area contributed by atoms with Gasteiger partial charge in [0, 0.05) is 21.7 Å². The van der Waals surface area contributed by atoms with Crippen molar-refractivity contribution >= 4 is 47.9 Å². The molecule has 1 aromatic carbocycles. The molecule has 1 atom stereocenters. The van der Waals surface area contributed by atoms with Crippen LogP contribution in [0.3, 0.4) is 0 Å². The van der Waals surface area contributed by atoms with Crippen LogP contribution in [0.2, 0.25) is 0 Å². The zero-order valence-corrected chi connectivity index (χ0v) is 13.0. The van der Waals surface area contributed by atoms with E-state index in [0.29, 0.717) is 10.0 Å². The fourth-order valence-electron chi connectivity index (χ4n) is 1.51. The molecule has 0 bridgehead atoms. The van der Waals surface area contributed by atoms with Crippen LogP contribution >= 0.6 is 31.9 Å². The van der Waals surface area contributed by atoms with Crippen molar-refractivity contribution in [1.29, 1.82) is 0 Å². The Hall–Kier alpha value is -0.660. The topological polar surface area (TPSA) is 66.7 Å². The summed E-state index contributed by atoms with van der Waals surface area (Å²) < 4.78 is 23.7. The van der Waals surface area contributed by atoms with Crippen molar-refractivity contribution in [3.63, 3.8) is 0 Å². The lowest BCUT2D eigenvalue weighted by atomic mass is 10.2. The Morgan fingerprint density at radius 3 is 2.72 bits per heavy atom. The Balaban J connectivity index is 2.23. The van der Waals surface area contributed by atoms with E-state index >= 15 is 0 Å². The summed E-state index contributed by atoms with van der Waals surface area (Å²) in [5.74, 6) is 0.0613. The lowest BCUT2D eigenvalue weighted by Crippen LogP contribution is -2.08. The highest BCUT2D eigenvalue weighted by molar-refractivity contribution is 9.11. The van der Waals surface area contributed by atoms with Gasteiger partial charge in [-0.25, -0.2) is 8.42 Å². The average molecular weight is 395 g/mol. The Labute approximate surface area is 122 Å². The zero-order valence-electron chi connectivity index (χ0n) is 9.05. The molecule has 1 aromatic rings. The molecule has 0 unspecified atom stereocenters. The number of aromatic hydroxyl groups is 1. The lowest BCUT2D eigenvalue weighted by molar-refractivity contribution is 0.471. The number of nitrogens with zero attached hydrogens (tertiary/aromatic N) is 1. The van der Waals surface area contributed by atoms with Gasteiger partial charge in [-0.2, -0.15) is 0 Å². The predicted octanol–water partition coefficient (Wildman–Crippen LogP) is 2.65. The van der Waals surface area contributed by atoms with E-state index in [2.05, 4.69) is 36.9 Å². The molecule has 2 rings (SSSR count). The number of benzene rings is 1. The maximum Gasteiger partial charge on any atom is 0.173 e. The lowest BCUT2D eigenvalue weighted by Gasteiger charge is -2.04. The van der Waals surface area contributed by atoms with Crippen LogP contribution in [-0.2, 0) is 9.84 Å². The summed E-state index contributed by atoms with van der Waals surface area (Å²) in [5.41, 5.74) is 0.522. The molecule has 0 saturated heterocycles. The number of rotatable bonds is 2. The average Bonchev–Trinajstić information content (AvgIpc) is 2.61. The zero-order chi connectivity index (χ0) is 13.3. The van der Waals surface area contributed by atoms with Crippen LogP contribution < -0.4 is 0 Å². The highest BCUT2D eigenvalue weighted by Crippen LogP contribution is 2.30. The standard InChI is InChI=1S/C11H9Br2NO3S/c12-8-3-7(11(15)10(13)4-8)5-14-9-1-2-18(16,17)6-9/h1-5,9,15H,6H2/t9-/m0/s1. The second-order valence-electron chi connectivity index (χ2n) is 3.83. The highest BCUT2D eigenvalue weighted by atomic mass is 79.9. The second-order valence-corrected chi connectivity index (χ2v) is 7.53. The normalized spacial score (nSPS) is 21.8. The molecule has 1 N–H and O–H groups in total. The first-order valence-corrected chi connectivity index (χ1v) is 8.30. The summed E-state index contributed by atoms with van der Waals surface area (Å²) in [6, 6.07) is 3.04. The molecular weight excluding hydrogens is 386 g/mol. The molecule has 0 saturated carbocycles. The molecule has 1 aliphatic heterocycles. The van der Waals surface area contributed by atoms with E-state index in [-0.39, 0.29) is 17.5 Å². The monoisotopic (exact) mass is 393 g/mol. The molecule has 0 fully saturated rings. The number of aliphatic imine (C=N–C) groups is 1. The molecule has 4 nitrogen and oxygen atoms in total. The summed E-state index contributed by atoms with van der Waals surface area (Å²) in [6.45, 7) is 0. The van der Waals surface area contributed by atoms with Crippen LogP contribution in [0, 0.1) is 0 Å². The van der Waals surface area contributed by atoms with Gasteiger partial charge in [0.05, 0.1) is 16.3 Å². The number of hydrogen-bond donors (Lipinski definition) is 1. The largest absolute Gasteiger partial charge is 0.506 e. The highest BCUT2D eigenvalue weighted by Gasteiger charge is 2.20. The molecule has 0 aliphatic carbocycles. The minimum Gasteiger partial charge on any atom is -0.506 e. The number of hydrogen-bond acceptors (Lipinski definition) is 4. The van der Waals surface area contributed by atoms with E-state index in [1.54, 1.807) is 12.1 Å². The van der Waals surface area contributed by atoms with Crippen molar-refractivity contribution in [3.8, 4) is 5.75 Å². The van der Waals surface area contributed by atoms with Gasteiger partial charge in [0.15, 0.2) is 9.84 Å². The van der Waals surface area contributed by atoms with E-state index in [1.165, 1.54) is 17.7 Å². The minimum absolute atomic E-state index is 0.0144. The van der Waals surface area contributed by atoms with Crippen molar-refractivity contribution < 1.29 is 13.5 Å². The van der Waals surface area contributed by atoms with E-state index in [1.807, 2.05) is 0 Å². The molecule has 96 valence electrons. The second kappa shape index (κ2) is 5.14.